The van der Waals surface area contributed by atoms with Crippen LogP contribution in [0.25, 0.3) is 0 Å². The van der Waals surface area contributed by atoms with Gasteiger partial charge in [0.2, 0.25) is 11.8 Å². The summed E-state index contributed by atoms with van der Waals surface area (Å²) in [7, 11) is 1.65. The molecule has 2 heterocycles. The first kappa shape index (κ1) is 19.4. The lowest BCUT2D eigenvalue weighted by molar-refractivity contribution is -0.133. The molecule has 1 fully saturated rings. The predicted octanol–water partition coefficient (Wildman–Crippen LogP) is 0.491. The van der Waals surface area contributed by atoms with Crippen molar-refractivity contribution in [3.05, 3.63) is 22.4 Å². The summed E-state index contributed by atoms with van der Waals surface area (Å²) < 4.78 is 0. The van der Waals surface area contributed by atoms with Crippen LogP contribution in [0.1, 0.15) is 23.0 Å². The Morgan fingerprint density at radius 1 is 1.24 bits per heavy atom. The van der Waals surface area contributed by atoms with Crippen molar-refractivity contribution >= 4 is 29.1 Å². The summed E-state index contributed by atoms with van der Waals surface area (Å²) in [6, 6.07) is 3.58. The normalized spacial score (nSPS) is 15.0. The van der Waals surface area contributed by atoms with Gasteiger partial charge in [0.25, 0.3) is 5.91 Å². The fraction of sp³-hybridized carbons (Fsp3) is 0.588. The summed E-state index contributed by atoms with van der Waals surface area (Å²) in [5, 5.41) is 4.71. The van der Waals surface area contributed by atoms with Gasteiger partial charge in [-0.2, -0.15) is 0 Å². The third kappa shape index (κ3) is 5.82. The second kappa shape index (κ2) is 9.53. The Labute approximate surface area is 152 Å². The highest BCUT2D eigenvalue weighted by molar-refractivity contribution is 7.12. The second-order valence-electron chi connectivity index (χ2n) is 6.15. The minimum Gasteiger partial charge on any atom is -0.355 e. The number of thiophene rings is 1. The van der Waals surface area contributed by atoms with Gasteiger partial charge in [-0.3, -0.25) is 19.3 Å². The molecule has 3 amide bonds. The molecule has 1 aromatic heterocycles. The number of amides is 3. The molecule has 0 aromatic carbocycles. The first-order valence-corrected chi connectivity index (χ1v) is 9.45. The molecule has 0 spiro atoms. The number of nitrogens with zero attached hydrogens (tertiary/aromatic N) is 3. The van der Waals surface area contributed by atoms with Crippen LogP contribution in [0.2, 0.25) is 0 Å². The van der Waals surface area contributed by atoms with Crippen LogP contribution < -0.4 is 5.32 Å². The monoisotopic (exact) mass is 366 g/mol. The quantitative estimate of drug-likeness (QED) is 0.762. The van der Waals surface area contributed by atoms with Gasteiger partial charge in [-0.05, 0) is 17.9 Å². The van der Waals surface area contributed by atoms with Gasteiger partial charge >= 0.3 is 0 Å². The van der Waals surface area contributed by atoms with Crippen molar-refractivity contribution in [2.24, 2.45) is 0 Å². The molecule has 1 N–H and O–H groups in total. The number of carbonyl (C=O) groups excluding carboxylic acids is 3. The van der Waals surface area contributed by atoms with Crippen molar-refractivity contribution in [1.29, 1.82) is 0 Å². The maximum Gasteiger partial charge on any atom is 0.264 e. The maximum absolute atomic E-state index is 12.4. The summed E-state index contributed by atoms with van der Waals surface area (Å²) in [4.78, 5) is 42.2. The lowest BCUT2D eigenvalue weighted by Gasteiger charge is -2.35. The number of likely N-dealkylation sites (N-methyl/N-ethyl adjacent to an activating group) is 1. The van der Waals surface area contributed by atoms with E-state index in [1.807, 2.05) is 18.4 Å². The SMILES string of the molecule is CCCNC(=O)CN1CCN(C(=O)CN(C)C(=O)c2cccs2)CC1. The number of nitrogens with one attached hydrogen (secondary N) is 1. The van der Waals surface area contributed by atoms with Gasteiger partial charge in [-0.1, -0.05) is 13.0 Å². The van der Waals surface area contributed by atoms with E-state index in [0.717, 1.165) is 6.42 Å². The van der Waals surface area contributed by atoms with Crippen LogP contribution in [0.15, 0.2) is 17.5 Å². The van der Waals surface area contributed by atoms with Gasteiger partial charge in [0, 0.05) is 39.8 Å². The molecule has 0 aliphatic carbocycles. The van der Waals surface area contributed by atoms with E-state index in [9.17, 15) is 14.4 Å². The third-order valence-electron chi connectivity index (χ3n) is 4.12. The molecule has 1 aromatic rings. The summed E-state index contributed by atoms with van der Waals surface area (Å²) in [5.41, 5.74) is 0. The summed E-state index contributed by atoms with van der Waals surface area (Å²) in [6.45, 7) is 5.68. The number of carbonyl (C=O) groups is 3. The first-order chi connectivity index (χ1) is 12.0. The standard InChI is InChI=1S/C17H26N4O3S/c1-3-6-18-15(22)12-20-7-9-21(10-8-20)16(23)13-19(2)17(24)14-5-4-11-25-14/h4-5,11H,3,6-10,12-13H2,1-2H3,(H,18,22). The molecule has 25 heavy (non-hydrogen) atoms. The van der Waals surface area contributed by atoms with Crippen LogP contribution in [0, 0.1) is 0 Å². The smallest absolute Gasteiger partial charge is 0.264 e. The molecule has 0 saturated carbocycles. The van der Waals surface area contributed by atoms with E-state index < -0.39 is 0 Å². The molecular weight excluding hydrogens is 340 g/mol. The molecule has 0 atom stereocenters. The van der Waals surface area contributed by atoms with Gasteiger partial charge in [0.15, 0.2) is 0 Å². The Hall–Kier alpha value is -1.93. The summed E-state index contributed by atoms with van der Waals surface area (Å²) in [6.07, 6.45) is 0.922. The highest BCUT2D eigenvalue weighted by Gasteiger charge is 2.24. The topological polar surface area (TPSA) is 73.0 Å². The summed E-state index contributed by atoms with van der Waals surface area (Å²) in [5.74, 6) is -0.153. The number of hydrogen-bond acceptors (Lipinski definition) is 5. The van der Waals surface area contributed by atoms with E-state index in [1.165, 1.54) is 16.2 Å². The lowest BCUT2D eigenvalue weighted by atomic mass is 10.3. The Balaban J connectivity index is 1.73. The highest BCUT2D eigenvalue weighted by Crippen LogP contribution is 2.11. The molecule has 2 rings (SSSR count). The summed E-state index contributed by atoms with van der Waals surface area (Å²) >= 11 is 1.37. The van der Waals surface area contributed by atoms with E-state index in [4.69, 9.17) is 0 Å². The molecule has 8 heteroatoms. The van der Waals surface area contributed by atoms with Gasteiger partial charge in [-0.25, -0.2) is 0 Å². The largest absolute Gasteiger partial charge is 0.355 e. The zero-order chi connectivity index (χ0) is 18.2. The van der Waals surface area contributed by atoms with Gasteiger partial charge < -0.3 is 15.1 Å². The molecular formula is C17H26N4O3S. The van der Waals surface area contributed by atoms with E-state index in [-0.39, 0.29) is 24.3 Å². The van der Waals surface area contributed by atoms with Gasteiger partial charge in [-0.15, -0.1) is 11.3 Å². The molecule has 0 radical (unpaired) electrons. The minimum absolute atomic E-state index is 0.0305. The van der Waals surface area contributed by atoms with Crippen LogP contribution in [0.4, 0.5) is 0 Å². The maximum atomic E-state index is 12.4. The minimum atomic E-state index is -0.130. The van der Waals surface area contributed by atoms with Crippen molar-refractivity contribution in [1.82, 2.24) is 20.0 Å². The fourth-order valence-corrected chi connectivity index (χ4v) is 3.36. The average Bonchev–Trinajstić information content (AvgIpc) is 3.14. The van der Waals surface area contributed by atoms with Crippen LogP contribution in [0.3, 0.4) is 0 Å². The zero-order valence-corrected chi connectivity index (χ0v) is 15.7. The van der Waals surface area contributed by atoms with Crippen molar-refractivity contribution in [3.63, 3.8) is 0 Å². The highest BCUT2D eigenvalue weighted by atomic mass is 32.1. The Kier molecular flexibility index (Phi) is 7.39. The predicted molar refractivity (Wildman–Crippen MR) is 97.6 cm³/mol. The van der Waals surface area contributed by atoms with E-state index in [0.29, 0.717) is 44.1 Å². The molecule has 1 saturated heterocycles. The fourth-order valence-electron chi connectivity index (χ4n) is 2.64. The Morgan fingerprint density at radius 2 is 1.96 bits per heavy atom. The van der Waals surface area contributed by atoms with E-state index >= 15 is 0 Å². The molecule has 138 valence electrons. The molecule has 0 unspecified atom stereocenters. The number of hydrogen-bond donors (Lipinski definition) is 1. The van der Waals surface area contributed by atoms with Gasteiger partial charge in [0.05, 0.1) is 18.0 Å². The average molecular weight is 366 g/mol. The molecule has 0 bridgehead atoms. The number of rotatable bonds is 7. The molecule has 7 nitrogen and oxygen atoms in total. The van der Waals surface area contributed by atoms with E-state index in [2.05, 4.69) is 10.2 Å². The third-order valence-corrected chi connectivity index (χ3v) is 4.97. The lowest BCUT2D eigenvalue weighted by Crippen LogP contribution is -2.53. The Morgan fingerprint density at radius 3 is 2.56 bits per heavy atom. The van der Waals surface area contributed by atoms with Crippen LogP contribution >= 0.6 is 11.3 Å². The van der Waals surface area contributed by atoms with E-state index in [1.54, 1.807) is 18.0 Å². The Bertz CT molecular complexity index is 583. The van der Waals surface area contributed by atoms with Crippen LogP contribution in [-0.4, -0.2) is 85.3 Å². The molecule has 1 aliphatic rings. The number of piperazine rings is 1. The van der Waals surface area contributed by atoms with Gasteiger partial charge in [0.1, 0.15) is 0 Å². The zero-order valence-electron chi connectivity index (χ0n) is 14.9. The van der Waals surface area contributed by atoms with Crippen molar-refractivity contribution in [2.75, 3.05) is 52.9 Å². The molecule has 1 aliphatic heterocycles. The first-order valence-electron chi connectivity index (χ1n) is 8.57. The second-order valence-corrected chi connectivity index (χ2v) is 7.09. The van der Waals surface area contributed by atoms with Crippen LogP contribution in [0.5, 0.6) is 0 Å². The van der Waals surface area contributed by atoms with Crippen molar-refractivity contribution in [2.45, 2.75) is 13.3 Å². The van der Waals surface area contributed by atoms with Crippen molar-refractivity contribution < 1.29 is 14.4 Å². The van der Waals surface area contributed by atoms with Crippen LogP contribution in [-0.2, 0) is 9.59 Å². The van der Waals surface area contributed by atoms with Crippen molar-refractivity contribution in [3.8, 4) is 0 Å².